The largest absolute Gasteiger partial charge is 0.416 e. The van der Waals surface area contributed by atoms with Crippen molar-refractivity contribution in [2.75, 3.05) is 6.54 Å². The van der Waals surface area contributed by atoms with E-state index < -0.39 is 27.8 Å². The van der Waals surface area contributed by atoms with Crippen LogP contribution in [0.15, 0.2) is 64.9 Å². The summed E-state index contributed by atoms with van der Waals surface area (Å²) >= 11 is 1.32. The summed E-state index contributed by atoms with van der Waals surface area (Å²) in [5.41, 5.74) is 0.386. The van der Waals surface area contributed by atoms with Crippen LogP contribution in [0.25, 0.3) is 11.3 Å². The molecule has 1 aliphatic rings. The summed E-state index contributed by atoms with van der Waals surface area (Å²) < 4.78 is 65.4. The molecule has 0 spiro atoms. The van der Waals surface area contributed by atoms with Gasteiger partial charge in [0.25, 0.3) is 0 Å². The molecule has 4 rings (SSSR count). The molecule has 3 aromatic rings. The van der Waals surface area contributed by atoms with E-state index in [9.17, 15) is 26.4 Å². The number of aromatic nitrogens is 1. The first kappa shape index (κ1) is 23.6. The Kier molecular flexibility index (Phi) is 6.69. The van der Waals surface area contributed by atoms with E-state index in [1.165, 1.54) is 39.9 Å². The zero-order valence-electron chi connectivity index (χ0n) is 17.5. The molecule has 174 valence electrons. The predicted molar refractivity (Wildman–Crippen MR) is 119 cm³/mol. The van der Waals surface area contributed by atoms with Crippen molar-refractivity contribution in [3.63, 3.8) is 0 Å². The molecule has 1 aliphatic heterocycles. The lowest BCUT2D eigenvalue weighted by atomic mass is 10.1. The van der Waals surface area contributed by atoms with Gasteiger partial charge in [0.2, 0.25) is 10.0 Å². The molecule has 1 aromatic heterocycles. The Bertz CT molecular complexity index is 1220. The van der Waals surface area contributed by atoms with Crippen LogP contribution in [0.4, 0.5) is 13.2 Å². The van der Waals surface area contributed by atoms with Gasteiger partial charge in [-0.25, -0.2) is 13.4 Å². The van der Waals surface area contributed by atoms with Gasteiger partial charge in [0.05, 0.1) is 27.2 Å². The molecule has 1 saturated heterocycles. The lowest BCUT2D eigenvalue weighted by molar-refractivity contribution is -0.137. The molecule has 1 atom stereocenters. The van der Waals surface area contributed by atoms with Crippen molar-refractivity contribution >= 4 is 27.1 Å². The molecule has 0 saturated carbocycles. The first-order valence-corrected chi connectivity index (χ1v) is 12.7. The quantitative estimate of drug-likeness (QED) is 0.454. The Labute approximate surface area is 193 Å². The summed E-state index contributed by atoms with van der Waals surface area (Å²) in [5.74, 6) is -0.154. The molecule has 10 heteroatoms. The van der Waals surface area contributed by atoms with E-state index in [2.05, 4.69) is 4.98 Å². The van der Waals surface area contributed by atoms with Gasteiger partial charge in [-0.2, -0.15) is 17.5 Å². The molecular weight excluding hydrogens is 473 g/mol. The van der Waals surface area contributed by atoms with Gasteiger partial charge in [0.1, 0.15) is 0 Å². The summed E-state index contributed by atoms with van der Waals surface area (Å²) in [6.45, 7) is 0.308. The Balaban J connectivity index is 1.41. The van der Waals surface area contributed by atoms with E-state index in [4.69, 9.17) is 0 Å². The second-order valence-corrected chi connectivity index (χ2v) is 10.6. The number of benzene rings is 2. The molecule has 0 aliphatic carbocycles. The van der Waals surface area contributed by atoms with E-state index in [1.54, 1.807) is 23.6 Å². The second kappa shape index (κ2) is 9.36. The number of halogens is 3. The standard InChI is InChI=1S/C23H21F3N2O3S2/c24-23(25,26)17-10-8-16(9-11-17)19-15-32-22(27-19)13-12-21(29)20-7-4-14-28(20)33(30,31)18-5-2-1-3-6-18/h1-3,5-6,8-11,15,20H,4,7,12-14H2/t20-/m0/s1. The molecule has 0 N–H and O–H groups in total. The Morgan fingerprint density at radius 3 is 2.45 bits per heavy atom. The third-order valence-corrected chi connectivity index (χ3v) is 8.40. The second-order valence-electron chi connectivity index (χ2n) is 7.75. The average molecular weight is 495 g/mol. The van der Waals surface area contributed by atoms with Crippen molar-refractivity contribution in [3.05, 3.63) is 70.5 Å². The normalized spacial score (nSPS) is 17.4. The van der Waals surface area contributed by atoms with Crippen LogP contribution in [0, 0.1) is 0 Å². The number of hydrogen-bond acceptors (Lipinski definition) is 5. The minimum atomic E-state index is -4.39. The molecule has 33 heavy (non-hydrogen) atoms. The number of alkyl halides is 3. The molecule has 5 nitrogen and oxygen atoms in total. The van der Waals surface area contributed by atoms with Crippen LogP contribution in [0.1, 0.15) is 29.8 Å². The number of hydrogen-bond donors (Lipinski definition) is 0. The molecule has 0 unspecified atom stereocenters. The van der Waals surface area contributed by atoms with Crippen molar-refractivity contribution in [3.8, 4) is 11.3 Å². The van der Waals surface area contributed by atoms with E-state index >= 15 is 0 Å². The number of aryl methyl sites for hydroxylation is 1. The number of Topliss-reactive ketones (excluding diaryl/α,β-unsaturated/α-hetero) is 1. The molecule has 0 bridgehead atoms. The van der Waals surface area contributed by atoms with Crippen molar-refractivity contribution < 1.29 is 26.4 Å². The number of carbonyl (C=O) groups is 1. The van der Waals surface area contributed by atoms with E-state index in [-0.39, 0.29) is 17.1 Å². The van der Waals surface area contributed by atoms with E-state index in [0.717, 1.165) is 12.1 Å². The highest BCUT2D eigenvalue weighted by Gasteiger charge is 2.38. The van der Waals surface area contributed by atoms with Crippen molar-refractivity contribution in [2.24, 2.45) is 0 Å². The molecule has 1 fully saturated rings. The summed E-state index contributed by atoms with van der Waals surface area (Å²) in [4.78, 5) is 17.5. The number of sulfonamides is 1. The highest BCUT2D eigenvalue weighted by molar-refractivity contribution is 7.89. The van der Waals surface area contributed by atoms with Crippen LogP contribution >= 0.6 is 11.3 Å². The van der Waals surface area contributed by atoms with Crippen LogP contribution < -0.4 is 0 Å². The summed E-state index contributed by atoms with van der Waals surface area (Å²) in [7, 11) is -3.74. The summed E-state index contributed by atoms with van der Waals surface area (Å²) in [6, 6.07) is 12.2. The Morgan fingerprint density at radius 2 is 1.79 bits per heavy atom. The number of carbonyl (C=O) groups excluding carboxylic acids is 1. The third-order valence-electron chi connectivity index (χ3n) is 5.57. The van der Waals surface area contributed by atoms with Gasteiger partial charge in [-0.15, -0.1) is 11.3 Å². The van der Waals surface area contributed by atoms with E-state index in [1.807, 2.05) is 0 Å². The smallest absolute Gasteiger partial charge is 0.298 e. The fraction of sp³-hybridized carbons (Fsp3) is 0.304. The summed E-state index contributed by atoms with van der Waals surface area (Å²) in [6.07, 6.45) is -2.79. The van der Waals surface area contributed by atoms with Gasteiger partial charge in [-0.05, 0) is 37.1 Å². The van der Waals surface area contributed by atoms with Crippen LogP contribution in [0.2, 0.25) is 0 Å². The highest BCUT2D eigenvalue weighted by atomic mass is 32.2. The maximum absolute atomic E-state index is 13.0. The van der Waals surface area contributed by atoms with Crippen LogP contribution in [0.5, 0.6) is 0 Å². The van der Waals surface area contributed by atoms with Gasteiger partial charge in [0.15, 0.2) is 5.78 Å². The van der Waals surface area contributed by atoms with Crippen molar-refractivity contribution in [1.29, 1.82) is 0 Å². The van der Waals surface area contributed by atoms with Crippen molar-refractivity contribution in [2.45, 2.75) is 42.8 Å². The predicted octanol–water partition coefficient (Wildman–Crippen LogP) is 5.18. The third kappa shape index (κ3) is 5.18. The first-order valence-electron chi connectivity index (χ1n) is 10.4. The SMILES string of the molecule is O=C(CCc1nc(-c2ccc(C(F)(F)F)cc2)cs1)[C@@H]1CCCN1S(=O)(=O)c1ccccc1. The first-order chi connectivity index (χ1) is 15.7. The maximum atomic E-state index is 13.0. The van der Waals surface area contributed by atoms with Gasteiger partial charge in [-0.1, -0.05) is 30.3 Å². The molecule has 2 aromatic carbocycles. The topological polar surface area (TPSA) is 67.3 Å². The lowest BCUT2D eigenvalue weighted by Crippen LogP contribution is -2.40. The summed E-state index contributed by atoms with van der Waals surface area (Å²) in [5, 5.41) is 2.41. The zero-order chi connectivity index (χ0) is 23.6. The maximum Gasteiger partial charge on any atom is 0.416 e. The number of thiazole rings is 1. The minimum Gasteiger partial charge on any atom is -0.298 e. The van der Waals surface area contributed by atoms with Gasteiger partial charge in [0, 0.05) is 30.3 Å². The number of nitrogens with zero attached hydrogens (tertiary/aromatic N) is 2. The fourth-order valence-corrected chi connectivity index (χ4v) is 6.37. The number of ketones is 1. The van der Waals surface area contributed by atoms with E-state index in [0.29, 0.717) is 42.1 Å². The van der Waals surface area contributed by atoms with Gasteiger partial charge in [-0.3, -0.25) is 4.79 Å². The number of rotatable bonds is 7. The monoisotopic (exact) mass is 494 g/mol. The lowest BCUT2D eigenvalue weighted by Gasteiger charge is -2.23. The zero-order valence-corrected chi connectivity index (χ0v) is 19.1. The Hall–Kier alpha value is -2.56. The molecule has 0 amide bonds. The van der Waals surface area contributed by atoms with Crippen molar-refractivity contribution in [1.82, 2.24) is 9.29 Å². The molecular formula is C23H21F3N2O3S2. The molecule has 0 radical (unpaired) electrons. The fourth-order valence-electron chi connectivity index (χ4n) is 3.86. The van der Waals surface area contributed by atoms with Crippen LogP contribution in [0.3, 0.4) is 0 Å². The Morgan fingerprint density at radius 1 is 1.09 bits per heavy atom. The minimum absolute atomic E-state index is 0.144. The van der Waals surface area contributed by atoms with Crippen LogP contribution in [-0.4, -0.2) is 36.1 Å². The average Bonchev–Trinajstić information content (AvgIpc) is 3.48. The van der Waals surface area contributed by atoms with Gasteiger partial charge >= 0.3 is 6.18 Å². The molecule has 2 heterocycles. The highest BCUT2D eigenvalue weighted by Crippen LogP contribution is 2.32. The van der Waals surface area contributed by atoms with Crippen LogP contribution in [-0.2, 0) is 27.4 Å². The van der Waals surface area contributed by atoms with Gasteiger partial charge < -0.3 is 0 Å².